The number of benzene rings is 2. The van der Waals surface area contributed by atoms with Gasteiger partial charge in [-0.1, -0.05) is 25.5 Å². The summed E-state index contributed by atoms with van der Waals surface area (Å²) in [5.41, 5.74) is 4.74. The third kappa shape index (κ3) is 6.25. The first-order chi connectivity index (χ1) is 25.1. The van der Waals surface area contributed by atoms with Crippen LogP contribution in [0.1, 0.15) is 74.8 Å². The molecular weight excluding hydrogens is 667 g/mol. The van der Waals surface area contributed by atoms with E-state index in [-0.39, 0.29) is 23.0 Å². The summed E-state index contributed by atoms with van der Waals surface area (Å²) in [7, 11) is 0. The summed E-state index contributed by atoms with van der Waals surface area (Å²) in [6, 6.07) is 6.10. The van der Waals surface area contributed by atoms with Gasteiger partial charge in [-0.05, 0) is 105 Å². The molecule has 1 atom stereocenters. The minimum atomic E-state index is -4.54. The molecule has 2 aromatic carbocycles. The number of rotatable bonds is 9. The van der Waals surface area contributed by atoms with Crippen LogP contribution < -0.4 is 14.5 Å². The second kappa shape index (κ2) is 12.7. The van der Waals surface area contributed by atoms with Crippen molar-refractivity contribution in [1.29, 1.82) is 0 Å². The SMILES string of the molecule is C=CC(=O)N1CC2(CCN(c3nc(N4CCCC(CC5CC5)C4)nc4c(OCC(F)(F)F)c(-c5c(C)ccc6[nH]ncc56)c(C5CC5)cc34)CC2)C1. The molecule has 0 bridgehead atoms. The summed E-state index contributed by atoms with van der Waals surface area (Å²) in [6.45, 7) is 8.79. The van der Waals surface area contributed by atoms with Crippen LogP contribution in [0, 0.1) is 24.2 Å². The molecule has 2 aromatic heterocycles. The van der Waals surface area contributed by atoms with Gasteiger partial charge in [0.05, 0.1) is 11.7 Å². The summed E-state index contributed by atoms with van der Waals surface area (Å²) in [4.78, 5) is 29.2. The number of piperidine rings is 2. The molecule has 2 saturated carbocycles. The third-order valence-corrected chi connectivity index (χ3v) is 12.3. The number of hydrogen-bond acceptors (Lipinski definition) is 7. The number of alkyl halides is 3. The van der Waals surface area contributed by atoms with Crippen molar-refractivity contribution in [3.63, 3.8) is 0 Å². The summed E-state index contributed by atoms with van der Waals surface area (Å²) >= 11 is 0. The number of aromatic amines is 1. The lowest BCUT2D eigenvalue weighted by Crippen LogP contribution is -2.61. The zero-order valence-corrected chi connectivity index (χ0v) is 29.8. The molecule has 1 amide bonds. The van der Waals surface area contributed by atoms with Crippen molar-refractivity contribution < 1.29 is 22.7 Å². The van der Waals surface area contributed by atoms with E-state index in [2.05, 4.69) is 32.6 Å². The Morgan fingerprint density at radius 1 is 1.02 bits per heavy atom. The van der Waals surface area contributed by atoms with Gasteiger partial charge in [0.2, 0.25) is 11.9 Å². The fraction of sp³-hybridized carbons (Fsp3) is 0.550. The average molecular weight is 714 g/mol. The Hall–Kier alpha value is -4.35. The Kier molecular flexibility index (Phi) is 8.15. The summed E-state index contributed by atoms with van der Waals surface area (Å²) in [6.07, 6.45) is 8.32. The van der Waals surface area contributed by atoms with Gasteiger partial charge >= 0.3 is 6.18 Å². The van der Waals surface area contributed by atoms with Gasteiger partial charge in [-0.3, -0.25) is 9.89 Å². The van der Waals surface area contributed by atoms with Crippen LogP contribution >= 0.6 is 0 Å². The fourth-order valence-corrected chi connectivity index (χ4v) is 9.16. The molecule has 0 radical (unpaired) electrons. The maximum Gasteiger partial charge on any atom is 0.422 e. The zero-order valence-electron chi connectivity index (χ0n) is 29.8. The molecule has 1 unspecified atom stereocenters. The molecule has 4 aromatic rings. The monoisotopic (exact) mass is 713 g/mol. The summed E-state index contributed by atoms with van der Waals surface area (Å²) < 4.78 is 48.4. The number of nitrogens with one attached hydrogen (secondary N) is 1. The first-order valence-electron chi connectivity index (χ1n) is 19.0. The first-order valence-corrected chi connectivity index (χ1v) is 19.0. The first kappa shape index (κ1) is 33.5. The number of nitrogens with zero attached hydrogens (tertiary/aromatic N) is 6. The van der Waals surface area contributed by atoms with Crippen LogP contribution in [-0.2, 0) is 4.79 Å². The second-order valence-electron chi connectivity index (χ2n) is 16.2. The van der Waals surface area contributed by atoms with Crippen LogP contribution in [0.25, 0.3) is 32.9 Å². The Labute approximate surface area is 301 Å². The van der Waals surface area contributed by atoms with Gasteiger partial charge in [-0.2, -0.15) is 23.3 Å². The van der Waals surface area contributed by atoms with Crippen molar-refractivity contribution in [2.45, 2.75) is 76.8 Å². The molecule has 12 heteroatoms. The highest BCUT2D eigenvalue weighted by atomic mass is 19.4. The van der Waals surface area contributed by atoms with Gasteiger partial charge < -0.3 is 19.4 Å². The normalized spacial score (nSPS) is 21.9. The lowest BCUT2D eigenvalue weighted by Gasteiger charge is -2.54. The number of amides is 1. The van der Waals surface area contributed by atoms with E-state index in [9.17, 15) is 18.0 Å². The number of aromatic nitrogens is 4. The Bertz CT molecular complexity index is 2040. The van der Waals surface area contributed by atoms with Gasteiger partial charge in [0.1, 0.15) is 11.3 Å². The van der Waals surface area contributed by atoms with Crippen LogP contribution in [-0.4, -0.2) is 83.0 Å². The largest absolute Gasteiger partial charge is 0.481 e. The maximum absolute atomic E-state index is 14.1. The van der Waals surface area contributed by atoms with Crippen LogP contribution in [0.5, 0.6) is 5.75 Å². The third-order valence-electron chi connectivity index (χ3n) is 12.3. The number of H-pyrrole nitrogens is 1. The zero-order chi connectivity index (χ0) is 35.8. The molecule has 9 nitrogen and oxygen atoms in total. The van der Waals surface area contributed by atoms with Crippen molar-refractivity contribution in [1.82, 2.24) is 25.1 Å². The highest BCUT2D eigenvalue weighted by Crippen LogP contribution is 2.53. The van der Waals surface area contributed by atoms with Crippen molar-refractivity contribution in [2.75, 3.05) is 55.7 Å². The maximum atomic E-state index is 14.1. The molecule has 1 N–H and O–H groups in total. The summed E-state index contributed by atoms with van der Waals surface area (Å²) in [5.74, 6) is 3.03. The number of aryl methyl sites for hydroxylation is 1. The molecular formula is C40H46F3N7O2. The number of hydrogen-bond donors (Lipinski definition) is 1. The van der Waals surface area contributed by atoms with Crippen molar-refractivity contribution in [3.05, 3.63) is 48.2 Å². The Morgan fingerprint density at radius 2 is 1.81 bits per heavy atom. The van der Waals surface area contributed by atoms with E-state index in [1.165, 1.54) is 31.8 Å². The molecule has 3 saturated heterocycles. The van der Waals surface area contributed by atoms with Gasteiger partial charge in [0.25, 0.3) is 0 Å². The minimum Gasteiger partial charge on any atom is -0.481 e. The number of ether oxygens (including phenoxy) is 1. The Balaban J connectivity index is 1.21. The highest BCUT2D eigenvalue weighted by molar-refractivity contribution is 6.06. The highest BCUT2D eigenvalue weighted by Gasteiger charge is 2.47. The van der Waals surface area contributed by atoms with E-state index in [1.54, 1.807) is 6.20 Å². The molecule has 9 rings (SSSR count). The van der Waals surface area contributed by atoms with Crippen molar-refractivity contribution in [2.24, 2.45) is 17.3 Å². The predicted molar refractivity (Wildman–Crippen MR) is 196 cm³/mol. The number of fused-ring (bicyclic) bond motifs is 2. The number of anilines is 2. The van der Waals surface area contributed by atoms with Gasteiger partial charge in [-0.25, -0.2) is 4.98 Å². The lowest BCUT2D eigenvalue weighted by molar-refractivity contribution is -0.153. The number of halogens is 3. The predicted octanol–water partition coefficient (Wildman–Crippen LogP) is 7.93. The number of carbonyl (C=O) groups excluding carboxylic acids is 1. The molecule has 5 heterocycles. The average Bonchev–Trinajstić information content (AvgIpc) is 4.07. The van der Waals surface area contributed by atoms with Gasteiger partial charge in [0, 0.05) is 61.0 Å². The minimum absolute atomic E-state index is 0.0304. The number of carbonyl (C=O) groups is 1. The lowest BCUT2D eigenvalue weighted by atomic mass is 9.72. The molecule has 52 heavy (non-hydrogen) atoms. The van der Waals surface area contributed by atoms with E-state index in [0.717, 1.165) is 116 Å². The van der Waals surface area contributed by atoms with Gasteiger partial charge in [0.15, 0.2) is 12.4 Å². The van der Waals surface area contributed by atoms with Crippen molar-refractivity contribution in [3.8, 4) is 16.9 Å². The van der Waals surface area contributed by atoms with Crippen molar-refractivity contribution >= 4 is 39.5 Å². The molecule has 5 fully saturated rings. The topological polar surface area (TPSA) is 90.5 Å². The smallest absolute Gasteiger partial charge is 0.422 e. The molecule has 274 valence electrons. The molecule has 3 aliphatic heterocycles. The van der Waals surface area contributed by atoms with E-state index >= 15 is 0 Å². The van der Waals surface area contributed by atoms with Crippen LogP contribution in [0.3, 0.4) is 0 Å². The fourth-order valence-electron chi connectivity index (χ4n) is 9.16. The number of likely N-dealkylation sites (tertiary alicyclic amines) is 1. The van der Waals surface area contributed by atoms with E-state index < -0.39 is 12.8 Å². The van der Waals surface area contributed by atoms with E-state index in [4.69, 9.17) is 14.7 Å². The van der Waals surface area contributed by atoms with Crippen LogP contribution in [0.15, 0.2) is 37.1 Å². The standard InChI is InChI=1S/C40H46F3N7O2/c1-3-32(51)50-21-39(22-50)12-15-48(16-13-39)37-29-18-28(27-9-10-27)34(33-24(2)6-11-31-30(33)19-44-47-31)36(52-23-40(41,42)43)35(29)45-38(46-37)49-14-4-5-26(20-49)17-25-7-8-25/h3,6,11,18-19,25-27H,1,4-5,7-10,12-17,20-23H2,2H3,(H,44,47). The van der Waals surface area contributed by atoms with E-state index in [0.29, 0.717) is 22.9 Å². The molecule has 5 aliphatic rings. The second-order valence-corrected chi connectivity index (χ2v) is 16.2. The van der Waals surface area contributed by atoms with E-state index in [1.807, 2.05) is 24.0 Å². The quantitative estimate of drug-likeness (QED) is 0.176. The molecule has 2 aliphatic carbocycles. The van der Waals surface area contributed by atoms with Crippen LogP contribution in [0.4, 0.5) is 24.9 Å². The van der Waals surface area contributed by atoms with Crippen LogP contribution in [0.2, 0.25) is 0 Å². The van der Waals surface area contributed by atoms with Gasteiger partial charge in [-0.15, -0.1) is 0 Å². The summed E-state index contributed by atoms with van der Waals surface area (Å²) in [5, 5.41) is 8.95. The molecule has 1 spiro atoms. The Morgan fingerprint density at radius 3 is 2.52 bits per heavy atom.